The summed E-state index contributed by atoms with van der Waals surface area (Å²) in [5.74, 6) is 0.625. The van der Waals surface area contributed by atoms with Gasteiger partial charge in [-0.05, 0) is 24.8 Å². The van der Waals surface area contributed by atoms with E-state index < -0.39 is 0 Å². The Balaban J connectivity index is 2.22. The molecule has 0 unspecified atom stereocenters. The van der Waals surface area contributed by atoms with E-state index in [0.717, 1.165) is 37.9 Å². The number of amides is 1. The van der Waals surface area contributed by atoms with Crippen molar-refractivity contribution in [1.29, 1.82) is 0 Å². The zero-order chi connectivity index (χ0) is 16.4. The topological polar surface area (TPSA) is 60.2 Å². The Morgan fingerprint density at radius 3 is 2.32 bits per heavy atom. The normalized spacial score (nSPS) is 11.4. The third-order valence-electron chi connectivity index (χ3n) is 3.59. The van der Waals surface area contributed by atoms with Crippen molar-refractivity contribution in [3.63, 3.8) is 0 Å². The fraction of sp³-hybridized carbons (Fsp3) is 0.556. The average Bonchev–Trinajstić information content (AvgIpc) is 2.46. The molecule has 0 aliphatic heterocycles. The van der Waals surface area contributed by atoms with Crippen LogP contribution in [0.3, 0.4) is 0 Å². The maximum atomic E-state index is 12.3. The van der Waals surface area contributed by atoms with Crippen molar-refractivity contribution in [2.75, 3.05) is 5.75 Å². The summed E-state index contributed by atoms with van der Waals surface area (Å²) in [6.45, 7) is 4.03. The Labute approximate surface area is 138 Å². The van der Waals surface area contributed by atoms with Crippen molar-refractivity contribution < 1.29 is 9.59 Å². The van der Waals surface area contributed by atoms with Gasteiger partial charge in [-0.25, -0.2) is 0 Å². The third-order valence-corrected chi connectivity index (χ3v) is 4.90. The molecule has 2 N–H and O–H groups in total. The smallest absolute Gasteiger partial charge is 0.217 e. The zero-order valence-electron chi connectivity index (χ0n) is 13.6. The van der Waals surface area contributed by atoms with Crippen LogP contribution in [0.4, 0.5) is 0 Å². The molecule has 0 bridgehead atoms. The molecule has 4 heteroatoms. The molecule has 0 atom stereocenters. The van der Waals surface area contributed by atoms with Crippen molar-refractivity contribution >= 4 is 22.8 Å². The Hall–Kier alpha value is -1.29. The molecule has 0 aromatic heterocycles. The van der Waals surface area contributed by atoms with E-state index in [2.05, 4.69) is 12.1 Å². The van der Waals surface area contributed by atoms with E-state index in [-0.39, 0.29) is 16.4 Å². The van der Waals surface area contributed by atoms with Crippen molar-refractivity contribution in [2.45, 2.75) is 52.4 Å². The van der Waals surface area contributed by atoms with E-state index >= 15 is 0 Å². The lowest BCUT2D eigenvalue weighted by Gasteiger charge is -2.22. The number of benzene rings is 1. The highest BCUT2D eigenvalue weighted by molar-refractivity contribution is 8.13. The molecule has 0 aliphatic rings. The lowest BCUT2D eigenvalue weighted by Crippen LogP contribution is -2.24. The molecule has 122 valence electrons. The first kappa shape index (κ1) is 18.8. The maximum absolute atomic E-state index is 12.3. The van der Waals surface area contributed by atoms with E-state index in [0.29, 0.717) is 6.42 Å². The molecular formula is C18H27NO2S. The van der Waals surface area contributed by atoms with Crippen LogP contribution in [0, 0.1) is 5.41 Å². The number of primary amides is 1. The van der Waals surface area contributed by atoms with Crippen LogP contribution in [0.15, 0.2) is 30.3 Å². The van der Waals surface area contributed by atoms with Crippen LogP contribution in [0.2, 0.25) is 0 Å². The zero-order valence-corrected chi connectivity index (χ0v) is 14.5. The van der Waals surface area contributed by atoms with Gasteiger partial charge in [0.2, 0.25) is 5.91 Å². The van der Waals surface area contributed by atoms with Crippen LogP contribution in [0.1, 0.15) is 51.5 Å². The molecule has 0 saturated carbocycles. The van der Waals surface area contributed by atoms with Crippen LogP contribution in [0.25, 0.3) is 0 Å². The summed E-state index contributed by atoms with van der Waals surface area (Å²) < 4.78 is 0. The fourth-order valence-electron chi connectivity index (χ4n) is 2.29. The Morgan fingerprint density at radius 2 is 1.68 bits per heavy atom. The number of hydrogen-bond donors (Lipinski definition) is 1. The molecule has 0 heterocycles. The first-order valence-corrected chi connectivity index (χ1v) is 8.90. The average molecular weight is 321 g/mol. The van der Waals surface area contributed by atoms with Crippen LogP contribution in [-0.4, -0.2) is 16.8 Å². The lowest BCUT2D eigenvalue weighted by atomic mass is 9.87. The first-order valence-electron chi connectivity index (χ1n) is 7.91. The van der Waals surface area contributed by atoms with Gasteiger partial charge in [-0.3, -0.25) is 9.59 Å². The van der Waals surface area contributed by atoms with Crippen LogP contribution in [-0.2, 0) is 16.0 Å². The minimum absolute atomic E-state index is 0.229. The van der Waals surface area contributed by atoms with Gasteiger partial charge in [0, 0.05) is 17.6 Å². The van der Waals surface area contributed by atoms with Crippen molar-refractivity contribution in [2.24, 2.45) is 11.1 Å². The Morgan fingerprint density at radius 1 is 1.05 bits per heavy atom. The highest BCUT2D eigenvalue weighted by Crippen LogP contribution is 2.29. The summed E-state index contributed by atoms with van der Waals surface area (Å²) in [6.07, 6.45) is 5.16. The standard InChI is InChI=1S/C18H27NO2S/c1-18(2,14-15-10-6-5-7-11-15)17(21)22-13-9-4-3-8-12-16(19)20/h5-7,10-11H,3-4,8-9,12-14H2,1-2H3,(H2,19,20). The molecule has 0 fully saturated rings. The van der Waals surface area contributed by atoms with E-state index in [1.165, 1.54) is 17.3 Å². The van der Waals surface area contributed by atoms with Gasteiger partial charge in [-0.1, -0.05) is 68.8 Å². The minimum Gasteiger partial charge on any atom is -0.370 e. The molecule has 1 amide bonds. The van der Waals surface area contributed by atoms with E-state index in [4.69, 9.17) is 5.73 Å². The highest BCUT2D eigenvalue weighted by Gasteiger charge is 2.27. The lowest BCUT2D eigenvalue weighted by molar-refractivity contribution is -0.118. The Kier molecular flexibility index (Phi) is 8.25. The fourth-order valence-corrected chi connectivity index (χ4v) is 3.29. The molecule has 1 aromatic rings. The Bertz CT molecular complexity index is 471. The van der Waals surface area contributed by atoms with Crippen LogP contribution >= 0.6 is 11.8 Å². The SMILES string of the molecule is CC(C)(Cc1ccccc1)C(=O)SCCCCCCC(N)=O. The second kappa shape index (κ2) is 9.67. The van der Waals surface area contributed by atoms with Gasteiger partial charge in [0.25, 0.3) is 0 Å². The second-order valence-electron chi connectivity index (χ2n) is 6.31. The van der Waals surface area contributed by atoms with Gasteiger partial charge in [-0.2, -0.15) is 0 Å². The molecule has 22 heavy (non-hydrogen) atoms. The van der Waals surface area contributed by atoms with Crippen LogP contribution < -0.4 is 5.73 Å². The van der Waals surface area contributed by atoms with Gasteiger partial charge in [0.1, 0.15) is 0 Å². The quantitative estimate of drug-likeness (QED) is 0.664. The van der Waals surface area contributed by atoms with Gasteiger partial charge in [0.05, 0.1) is 0 Å². The largest absolute Gasteiger partial charge is 0.370 e. The molecule has 0 aliphatic carbocycles. The van der Waals surface area contributed by atoms with Gasteiger partial charge < -0.3 is 5.73 Å². The summed E-state index contributed by atoms with van der Waals surface area (Å²) >= 11 is 1.44. The molecule has 0 radical (unpaired) electrons. The van der Waals surface area contributed by atoms with Gasteiger partial charge in [0.15, 0.2) is 5.12 Å². The summed E-state index contributed by atoms with van der Waals surface area (Å²) in [5.41, 5.74) is 5.96. The molecule has 0 saturated heterocycles. The number of thioether (sulfide) groups is 1. The number of rotatable bonds is 10. The molecule has 1 rings (SSSR count). The number of nitrogens with two attached hydrogens (primary N) is 1. The first-order chi connectivity index (χ1) is 10.4. The van der Waals surface area contributed by atoms with E-state index in [1.54, 1.807) is 0 Å². The third kappa shape index (κ3) is 7.64. The number of unbranched alkanes of at least 4 members (excludes halogenated alkanes) is 3. The summed E-state index contributed by atoms with van der Waals surface area (Å²) in [4.78, 5) is 23.0. The van der Waals surface area contributed by atoms with Crippen molar-refractivity contribution in [3.05, 3.63) is 35.9 Å². The van der Waals surface area contributed by atoms with E-state index in [1.807, 2.05) is 32.0 Å². The maximum Gasteiger partial charge on any atom is 0.217 e. The predicted octanol–water partition coefficient (Wildman–Crippen LogP) is 3.95. The number of carbonyl (C=O) groups is 2. The molecule has 1 aromatic carbocycles. The molecular weight excluding hydrogens is 294 g/mol. The number of carbonyl (C=O) groups excluding carboxylic acids is 2. The number of hydrogen-bond acceptors (Lipinski definition) is 3. The molecule has 0 spiro atoms. The van der Waals surface area contributed by atoms with Crippen LogP contribution in [0.5, 0.6) is 0 Å². The highest BCUT2D eigenvalue weighted by atomic mass is 32.2. The predicted molar refractivity (Wildman–Crippen MR) is 93.7 cm³/mol. The molecule has 3 nitrogen and oxygen atoms in total. The summed E-state index contributed by atoms with van der Waals surface area (Å²) in [5, 5.41) is 0.258. The van der Waals surface area contributed by atoms with Crippen molar-refractivity contribution in [3.8, 4) is 0 Å². The minimum atomic E-state index is -0.335. The summed E-state index contributed by atoms with van der Waals surface area (Å²) in [6, 6.07) is 10.1. The van der Waals surface area contributed by atoms with Crippen molar-refractivity contribution in [1.82, 2.24) is 0 Å². The monoisotopic (exact) mass is 321 g/mol. The summed E-state index contributed by atoms with van der Waals surface area (Å²) in [7, 11) is 0. The van der Waals surface area contributed by atoms with E-state index in [9.17, 15) is 9.59 Å². The van der Waals surface area contributed by atoms with Gasteiger partial charge in [-0.15, -0.1) is 0 Å². The van der Waals surface area contributed by atoms with Gasteiger partial charge >= 0.3 is 0 Å². The second-order valence-corrected chi connectivity index (χ2v) is 7.38.